The van der Waals surface area contributed by atoms with Crippen molar-refractivity contribution in [1.29, 1.82) is 0 Å². The van der Waals surface area contributed by atoms with E-state index in [-0.39, 0.29) is 6.04 Å². The van der Waals surface area contributed by atoms with Crippen LogP contribution in [0.15, 0.2) is 35.7 Å². The summed E-state index contributed by atoms with van der Waals surface area (Å²) in [5.41, 5.74) is 2.62. The maximum absolute atomic E-state index is 5.49. The molecule has 2 nitrogen and oxygen atoms in total. The van der Waals surface area contributed by atoms with E-state index in [0.29, 0.717) is 6.61 Å². The van der Waals surface area contributed by atoms with Crippen LogP contribution < -0.4 is 10.1 Å². The van der Waals surface area contributed by atoms with Crippen molar-refractivity contribution in [3.63, 3.8) is 0 Å². The molecule has 1 N–H and O–H groups in total. The smallest absolute Gasteiger partial charge is 0.119 e. The fraction of sp³-hybridized carbons (Fsp3) is 0.375. The van der Waals surface area contributed by atoms with Gasteiger partial charge in [0.1, 0.15) is 5.75 Å². The Labute approximate surface area is 119 Å². The first-order chi connectivity index (χ1) is 9.24. The van der Waals surface area contributed by atoms with Crippen molar-refractivity contribution in [1.82, 2.24) is 5.32 Å². The highest BCUT2D eigenvalue weighted by Crippen LogP contribution is 2.27. The number of rotatable bonds is 6. The maximum Gasteiger partial charge on any atom is 0.119 e. The number of hydrogen-bond acceptors (Lipinski definition) is 3. The van der Waals surface area contributed by atoms with Crippen LogP contribution in [-0.4, -0.2) is 13.2 Å². The van der Waals surface area contributed by atoms with E-state index in [9.17, 15) is 0 Å². The fourth-order valence-electron chi connectivity index (χ4n) is 2.17. The van der Waals surface area contributed by atoms with Crippen LogP contribution in [0.4, 0.5) is 0 Å². The van der Waals surface area contributed by atoms with Crippen LogP contribution in [0.5, 0.6) is 5.75 Å². The lowest BCUT2D eigenvalue weighted by Gasteiger charge is -2.17. The molecule has 0 spiro atoms. The predicted octanol–water partition coefficient (Wildman–Crippen LogP) is 4.15. The van der Waals surface area contributed by atoms with Gasteiger partial charge >= 0.3 is 0 Å². The number of hydrogen-bond donors (Lipinski definition) is 1. The molecule has 0 saturated carbocycles. The average Bonchev–Trinajstić information content (AvgIpc) is 2.84. The van der Waals surface area contributed by atoms with Crippen LogP contribution in [0.25, 0.3) is 0 Å². The van der Waals surface area contributed by atoms with E-state index in [1.807, 2.05) is 19.1 Å². The van der Waals surface area contributed by atoms with E-state index >= 15 is 0 Å². The molecule has 1 unspecified atom stereocenters. The summed E-state index contributed by atoms with van der Waals surface area (Å²) in [6.45, 7) is 7.95. The van der Waals surface area contributed by atoms with E-state index in [2.05, 4.69) is 42.7 Å². The first-order valence-corrected chi connectivity index (χ1v) is 7.63. The van der Waals surface area contributed by atoms with Crippen molar-refractivity contribution in [3.05, 3.63) is 51.7 Å². The molecule has 3 heteroatoms. The van der Waals surface area contributed by atoms with Crippen molar-refractivity contribution < 1.29 is 4.74 Å². The number of benzene rings is 1. The second kappa shape index (κ2) is 6.73. The Balaban J connectivity index is 2.23. The Morgan fingerprint density at radius 1 is 1.16 bits per heavy atom. The van der Waals surface area contributed by atoms with Crippen molar-refractivity contribution in [3.8, 4) is 5.75 Å². The Morgan fingerprint density at radius 2 is 1.89 bits per heavy atom. The van der Waals surface area contributed by atoms with Gasteiger partial charge in [-0.15, -0.1) is 11.3 Å². The molecule has 0 bridgehead atoms. The van der Waals surface area contributed by atoms with Crippen LogP contribution in [0.2, 0.25) is 0 Å². The van der Waals surface area contributed by atoms with Crippen LogP contribution in [0.1, 0.15) is 35.9 Å². The third-order valence-electron chi connectivity index (χ3n) is 3.02. The predicted molar refractivity (Wildman–Crippen MR) is 82.2 cm³/mol. The lowest BCUT2D eigenvalue weighted by Crippen LogP contribution is -2.21. The maximum atomic E-state index is 5.49. The van der Waals surface area contributed by atoms with Crippen LogP contribution >= 0.6 is 11.3 Å². The van der Waals surface area contributed by atoms with Gasteiger partial charge in [0.25, 0.3) is 0 Å². The topological polar surface area (TPSA) is 21.3 Å². The number of aryl methyl sites for hydroxylation is 1. The van der Waals surface area contributed by atoms with E-state index in [1.165, 1.54) is 16.0 Å². The highest BCUT2D eigenvalue weighted by molar-refractivity contribution is 7.10. The lowest BCUT2D eigenvalue weighted by atomic mass is 10.0. The van der Waals surface area contributed by atoms with Gasteiger partial charge in [-0.05, 0) is 55.1 Å². The molecular formula is C16H21NOS. The molecule has 19 heavy (non-hydrogen) atoms. The molecule has 0 saturated heterocycles. The highest BCUT2D eigenvalue weighted by atomic mass is 32.1. The molecule has 1 aromatic carbocycles. The van der Waals surface area contributed by atoms with Gasteiger partial charge in [-0.25, -0.2) is 0 Å². The summed E-state index contributed by atoms with van der Waals surface area (Å²) in [5.74, 6) is 0.933. The van der Waals surface area contributed by atoms with E-state index < -0.39 is 0 Å². The number of ether oxygens (including phenoxy) is 1. The molecule has 0 aliphatic rings. The SMILES string of the molecule is CCNC(c1ccc(OCC)cc1)c1csc(C)c1. The Hall–Kier alpha value is -1.32. The molecule has 2 rings (SSSR count). The third-order valence-corrected chi connectivity index (χ3v) is 3.90. The Bertz CT molecular complexity index is 504. The fourth-order valence-corrected chi connectivity index (χ4v) is 2.90. The minimum Gasteiger partial charge on any atom is -0.494 e. The zero-order chi connectivity index (χ0) is 13.7. The minimum atomic E-state index is 0.269. The van der Waals surface area contributed by atoms with Gasteiger partial charge < -0.3 is 10.1 Å². The standard InChI is InChI=1S/C16H21NOS/c1-4-17-16(14-10-12(3)19-11-14)13-6-8-15(9-7-13)18-5-2/h6-11,16-17H,4-5H2,1-3H3. The molecule has 0 radical (unpaired) electrons. The van der Waals surface area contributed by atoms with Gasteiger partial charge in [0.05, 0.1) is 12.6 Å². The highest BCUT2D eigenvalue weighted by Gasteiger charge is 2.14. The minimum absolute atomic E-state index is 0.269. The quantitative estimate of drug-likeness (QED) is 0.855. The van der Waals surface area contributed by atoms with Gasteiger partial charge in [-0.2, -0.15) is 0 Å². The van der Waals surface area contributed by atoms with Crippen molar-refractivity contribution in [2.24, 2.45) is 0 Å². The molecule has 102 valence electrons. The molecule has 0 amide bonds. The molecule has 1 heterocycles. The first kappa shape index (κ1) is 14.1. The summed E-state index contributed by atoms with van der Waals surface area (Å²) >= 11 is 1.80. The molecule has 0 aliphatic heterocycles. The van der Waals surface area contributed by atoms with Crippen molar-refractivity contribution in [2.75, 3.05) is 13.2 Å². The van der Waals surface area contributed by atoms with Crippen LogP contribution in [0.3, 0.4) is 0 Å². The second-order valence-electron chi connectivity index (χ2n) is 4.48. The zero-order valence-electron chi connectivity index (χ0n) is 11.8. The largest absolute Gasteiger partial charge is 0.494 e. The summed E-state index contributed by atoms with van der Waals surface area (Å²) in [7, 11) is 0. The zero-order valence-corrected chi connectivity index (χ0v) is 12.6. The molecule has 2 aromatic rings. The van der Waals surface area contributed by atoms with Crippen molar-refractivity contribution in [2.45, 2.75) is 26.8 Å². The molecule has 0 fully saturated rings. The summed E-state index contributed by atoms with van der Waals surface area (Å²) < 4.78 is 5.49. The summed E-state index contributed by atoms with van der Waals surface area (Å²) in [6, 6.07) is 10.9. The molecular weight excluding hydrogens is 254 g/mol. The van der Waals surface area contributed by atoms with Crippen molar-refractivity contribution >= 4 is 11.3 Å². The van der Waals surface area contributed by atoms with Crippen LogP contribution in [0, 0.1) is 6.92 Å². The Morgan fingerprint density at radius 3 is 2.42 bits per heavy atom. The first-order valence-electron chi connectivity index (χ1n) is 6.75. The number of thiophene rings is 1. The monoisotopic (exact) mass is 275 g/mol. The second-order valence-corrected chi connectivity index (χ2v) is 5.60. The van der Waals surface area contributed by atoms with Crippen LogP contribution in [-0.2, 0) is 0 Å². The van der Waals surface area contributed by atoms with E-state index in [4.69, 9.17) is 4.74 Å². The van der Waals surface area contributed by atoms with E-state index in [1.54, 1.807) is 11.3 Å². The molecule has 1 aromatic heterocycles. The van der Waals surface area contributed by atoms with Gasteiger partial charge in [0.15, 0.2) is 0 Å². The van der Waals surface area contributed by atoms with Gasteiger partial charge in [-0.1, -0.05) is 19.1 Å². The summed E-state index contributed by atoms with van der Waals surface area (Å²) in [5, 5.41) is 5.78. The van der Waals surface area contributed by atoms with Gasteiger partial charge in [-0.3, -0.25) is 0 Å². The van der Waals surface area contributed by atoms with Gasteiger partial charge in [0.2, 0.25) is 0 Å². The normalized spacial score (nSPS) is 12.4. The number of nitrogens with one attached hydrogen (secondary N) is 1. The molecule has 0 aliphatic carbocycles. The van der Waals surface area contributed by atoms with E-state index in [0.717, 1.165) is 12.3 Å². The third kappa shape index (κ3) is 3.58. The summed E-state index contributed by atoms with van der Waals surface area (Å²) in [6.07, 6.45) is 0. The average molecular weight is 275 g/mol. The Kier molecular flexibility index (Phi) is 5.00. The lowest BCUT2D eigenvalue weighted by molar-refractivity contribution is 0.340. The molecule has 1 atom stereocenters. The van der Waals surface area contributed by atoms with Gasteiger partial charge in [0, 0.05) is 4.88 Å². The summed E-state index contributed by atoms with van der Waals surface area (Å²) in [4.78, 5) is 1.35.